The van der Waals surface area contributed by atoms with E-state index in [1.165, 1.54) is 23.5 Å². The van der Waals surface area contributed by atoms with Gasteiger partial charge in [0.05, 0.1) is 18.0 Å². The molecule has 2 rings (SSSR count). The quantitative estimate of drug-likeness (QED) is 0.717. The topological polar surface area (TPSA) is 95.1 Å². The molecule has 0 aliphatic heterocycles. The van der Waals surface area contributed by atoms with Gasteiger partial charge in [0.25, 0.3) is 11.5 Å². The molecule has 0 atom stereocenters. The van der Waals surface area contributed by atoms with E-state index in [-0.39, 0.29) is 23.8 Å². The second-order valence-corrected chi connectivity index (χ2v) is 5.20. The lowest BCUT2D eigenvalue weighted by Crippen LogP contribution is -2.24. The Morgan fingerprint density at radius 3 is 2.95 bits per heavy atom. The van der Waals surface area contributed by atoms with Gasteiger partial charge >= 0.3 is 0 Å². The Morgan fingerprint density at radius 2 is 2.24 bits per heavy atom. The number of aliphatic hydroxyl groups is 1. The van der Waals surface area contributed by atoms with Crippen LogP contribution in [0.2, 0.25) is 0 Å². The summed E-state index contributed by atoms with van der Waals surface area (Å²) in [7, 11) is 0. The average molecular weight is 303 g/mol. The SMILES string of the molecule is O=C(NCc1ccc(C#CCCO)s1)c1ccc(=O)[nH]n1. The number of hydrogen-bond donors (Lipinski definition) is 3. The fourth-order valence-corrected chi connectivity index (χ4v) is 2.30. The molecule has 2 aromatic heterocycles. The van der Waals surface area contributed by atoms with Crippen molar-refractivity contribution in [2.75, 3.05) is 6.61 Å². The molecule has 6 nitrogen and oxygen atoms in total. The molecule has 3 N–H and O–H groups in total. The largest absolute Gasteiger partial charge is 0.395 e. The number of thiophene rings is 1. The lowest BCUT2D eigenvalue weighted by Gasteiger charge is -2.01. The van der Waals surface area contributed by atoms with Crippen LogP contribution in [0.15, 0.2) is 29.1 Å². The number of carbonyl (C=O) groups excluding carboxylic acids is 1. The highest BCUT2D eigenvalue weighted by Crippen LogP contribution is 2.15. The Kier molecular flexibility index (Phi) is 5.26. The van der Waals surface area contributed by atoms with Gasteiger partial charge in [-0.05, 0) is 18.2 Å². The zero-order chi connectivity index (χ0) is 15.1. The van der Waals surface area contributed by atoms with Crippen LogP contribution in [-0.2, 0) is 6.54 Å². The number of carbonyl (C=O) groups is 1. The minimum atomic E-state index is -0.354. The average Bonchev–Trinajstić information content (AvgIpc) is 2.94. The van der Waals surface area contributed by atoms with Crippen LogP contribution in [0.25, 0.3) is 0 Å². The van der Waals surface area contributed by atoms with Gasteiger partial charge in [-0.3, -0.25) is 9.59 Å². The highest BCUT2D eigenvalue weighted by molar-refractivity contribution is 7.12. The molecule has 108 valence electrons. The summed E-state index contributed by atoms with van der Waals surface area (Å²) in [5.74, 6) is 5.42. The summed E-state index contributed by atoms with van der Waals surface area (Å²) in [5, 5.41) is 17.2. The molecule has 0 aliphatic rings. The fraction of sp³-hybridized carbons (Fsp3) is 0.214. The van der Waals surface area contributed by atoms with Crippen LogP contribution in [-0.4, -0.2) is 27.8 Å². The smallest absolute Gasteiger partial charge is 0.272 e. The first-order chi connectivity index (χ1) is 10.2. The van der Waals surface area contributed by atoms with Gasteiger partial charge in [-0.15, -0.1) is 11.3 Å². The molecular weight excluding hydrogens is 290 g/mol. The molecule has 0 radical (unpaired) electrons. The number of aromatic amines is 1. The lowest BCUT2D eigenvalue weighted by atomic mass is 10.3. The van der Waals surface area contributed by atoms with Gasteiger partial charge in [-0.1, -0.05) is 11.8 Å². The van der Waals surface area contributed by atoms with Gasteiger partial charge in [0.2, 0.25) is 0 Å². The second kappa shape index (κ2) is 7.38. The maximum absolute atomic E-state index is 11.8. The molecule has 0 spiro atoms. The summed E-state index contributed by atoms with van der Waals surface area (Å²) in [6, 6.07) is 6.37. The Morgan fingerprint density at radius 1 is 1.38 bits per heavy atom. The number of amides is 1. The van der Waals surface area contributed by atoms with Crippen molar-refractivity contribution in [1.82, 2.24) is 15.5 Å². The molecule has 21 heavy (non-hydrogen) atoms. The molecule has 0 aromatic carbocycles. The molecule has 0 saturated carbocycles. The minimum Gasteiger partial charge on any atom is -0.395 e. The van der Waals surface area contributed by atoms with E-state index in [1.54, 1.807) is 0 Å². The second-order valence-electron chi connectivity index (χ2n) is 4.03. The molecule has 0 unspecified atom stereocenters. The highest BCUT2D eigenvalue weighted by Gasteiger charge is 2.07. The minimum absolute atomic E-state index is 0.0491. The summed E-state index contributed by atoms with van der Waals surface area (Å²) >= 11 is 1.47. The summed E-state index contributed by atoms with van der Waals surface area (Å²) < 4.78 is 0. The molecule has 0 aliphatic carbocycles. The number of nitrogens with zero attached hydrogens (tertiary/aromatic N) is 1. The molecule has 0 fully saturated rings. The van der Waals surface area contributed by atoms with Gasteiger partial charge in [-0.25, -0.2) is 5.10 Å². The Bertz CT molecular complexity index is 719. The van der Waals surface area contributed by atoms with E-state index in [0.29, 0.717) is 13.0 Å². The van der Waals surface area contributed by atoms with E-state index in [9.17, 15) is 9.59 Å². The van der Waals surface area contributed by atoms with Gasteiger partial charge < -0.3 is 10.4 Å². The molecule has 2 aromatic rings. The Hall–Kier alpha value is -2.43. The first-order valence-electron chi connectivity index (χ1n) is 6.21. The fourth-order valence-electron chi connectivity index (χ4n) is 1.47. The monoisotopic (exact) mass is 303 g/mol. The third kappa shape index (κ3) is 4.56. The zero-order valence-electron chi connectivity index (χ0n) is 11.0. The normalized spacial score (nSPS) is 9.76. The van der Waals surface area contributed by atoms with Crippen molar-refractivity contribution < 1.29 is 9.90 Å². The zero-order valence-corrected chi connectivity index (χ0v) is 11.9. The van der Waals surface area contributed by atoms with Crippen molar-refractivity contribution >= 4 is 17.2 Å². The number of hydrogen-bond acceptors (Lipinski definition) is 5. The van der Waals surface area contributed by atoms with Crippen LogP contribution in [0.4, 0.5) is 0 Å². The van der Waals surface area contributed by atoms with Crippen LogP contribution < -0.4 is 10.9 Å². The summed E-state index contributed by atoms with van der Waals surface area (Å²) in [5.41, 5.74) is -0.190. The van der Waals surface area contributed by atoms with Gasteiger partial charge in [-0.2, -0.15) is 5.10 Å². The molecule has 1 amide bonds. The maximum atomic E-state index is 11.8. The van der Waals surface area contributed by atoms with Crippen LogP contribution in [0.5, 0.6) is 0 Å². The molecule has 0 saturated heterocycles. The number of H-pyrrole nitrogens is 1. The van der Waals surface area contributed by atoms with Crippen LogP contribution >= 0.6 is 11.3 Å². The number of aliphatic hydroxyl groups excluding tert-OH is 1. The Balaban J connectivity index is 1.91. The first kappa shape index (κ1) is 15.0. The van der Waals surface area contributed by atoms with E-state index in [0.717, 1.165) is 9.75 Å². The van der Waals surface area contributed by atoms with Crippen molar-refractivity contribution in [3.05, 3.63) is 50.1 Å². The lowest BCUT2D eigenvalue weighted by molar-refractivity contribution is 0.0945. The summed E-state index contributed by atoms with van der Waals surface area (Å²) in [6.07, 6.45) is 0.446. The third-order valence-corrected chi connectivity index (χ3v) is 3.45. The Labute approximate surface area is 124 Å². The van der Waals surface area contributed by atoms with Crippen molar-refractivity contribution in [2.45, 2.75) is 13.0 Å². The predicted octanol–water partition coefficient (Wildman–Crippen LogP) is 0.495. The van der Waals surface area contributed by atoms with Crippen LogP contribution in [0.1, 0.15) is 26.7 Å². The van der Waals surface area contributed by atoms with Crippen LogP contribution in [0.3, 0.4) is 0 Å². The van der Waals surface area contributed by atoms with E-state index in [4.69, 9.17) is 5.11 Å². The predicted molar refractivity (Wildman–Crippen MR) is 78.9 cm³/mol. The molecule has 7 heteroatoms. The van der Waals surface area contributed by atoms with Crippen LogP contribution in [0, 0.1) is 11.8 Å². The molecule has 2 heterocycles. The van der Waals surface area contributed by atoms with Crippen molar-refractivity contribution in [2.24, 2.45) is 0 Å². The van der Waals surface area contributed by atoms with Gasteiger partial charge in [0.1, 0.15) is 5.69 Å². The molecular formula is C14H13N3O3S. The van der Waals surface area contributed by atoms with Crippen molar-refractivity contribution in [1.29, 1.82) is 0 Å². The van der Waals surface area contributed by atoms with E-state index in [1.807, 2.05) is 12.1 Å². The van der Waals surface area contributed by atoms with E-state index < -0.39 is 0 Å². The third-order valence-electron chi connectivity index (χ3n) is 2.44. The number of aromatic nitrogens is 2. The highest BCUT2D eigenvalue weighted by atomic mass is 32.1. The number of rotatable bonds is 4. The molecule has 0 bridgehead atoms. The van der Waals surface area contributed by atoms with E-state index in [2.05, 4.69) is 27.4 Å². The van der Waals surface area contributed by atoms with Gasteiger partial charge in [0, 0.05) is 17.4 Å². The van der Waals surface area contributed by atoms with Crippen molar-refractivity contribution in [3.63, 3.8) is 0 Å². The van der Waals surface area contributed by atoms with Crippen molar-refractivity contribution in [3.8, 4) is 11.8 Å². The summed E-state index contributed by atoms with van der Waals surface area (Å²) in [4.78, 5) is 24.5. The van der Waals surface area contributed by atoms with Gasteiger partial charge in [0.15, 0.2) is 0 Å². The first-order valence-corrected chi connectivity index (χ1v) is 7.03. The standard InChI is InChI=1S/C14H13N3O3S/c18-8-2-1-3-10-4-5-11(21-10)9-15-14(20)12-6-7-13(19)17-16-12/h4-7,18H,2,8-9H2,(H,15,20)(H,17,19). The summed E-state index contributed by atoms with van der Waals surface area (Å²) in [6.45, 7) is 0.416. The number of nitrogens with one attached hydrogen (secondary N) is 2. The maximum Gasteiger partial charge on any atom is 0.272 e. The van der Waals surface area contributed by atoms with E-state index >= 15 is 0 Å².